The highest BCUT2D eigenvalue weighted by atomic mass is 35.5. The second-order valence-corrected chi connectivity index (χ2v) is 23.1. The second-order valence-electron chi connectivity index (χ2n) is 23.1. The Hall–Kier alpha value is -6.47. The van der Waals surface area contributed by atoms with Crippen molar-refractivity contribution in [2.24, 2.45) is 46.3 Å². The highest BCUT2D eigenvalue weighted by molar-refractivity contribution is 5.90. The first-order valence-corrected chi connectivity index (χ1v) is 26.0. The SMILES string of the molecule is C=CCN(C[C@H](CC(=O)OC(C)(C)C)C(=O)N1C[C@H]2[C@@H]([C@H]1C(=O)OC)C2(C)C)C(=O)OCc1ccccc1.C=CCN(C[C@H](CC(=O)OC(C)(C)C)C(=O)O)C(=O)OCc1ccccc1.COC(=O)[C@H]1NC[C@H]2[C@@H]1C2(C)C.Cl. The van der Waals surface area contributed by atoms with E-state index >= 15 is 0 Å². The first-order valence-electron chi connectivity index (χ1n) is 26.0. The lowest BCUT2D eigenvalue weighted by molar-refractivity contribution is -0.161. The summed E-state index contributed by atoms with van der Waals surface area (Å²) in [6.45, 7) is 27.7. The highest BCUT2D eigenvalue weighted by Gasteiger charge is 2.70. The number of carbonyl (C=O) groups is 8. The molecular weight excluding hydrogens is 1030 g/mol. The number of likely N-dealkylation sites (tertiary alicyclic amines) is 1. The number of carbonyl (C=O) groups excluding carboxylic acids is 7. The minimum atomic E-state index is -1.19. The summed E-state index contributed by atoms with van der Waals surface area (Å²) in [4.78, 5) is 104. The van der Waals surface area contributed by atoms with Crippen LogP contribution >= 0.6 is 12.4 Å². The average molecular weight is 1110 g/mol. The van der Waals surface area contributed by atoms with E-state index in [1.54, 1.807) is 41.5 Å². The van der Waals surface area contributed by atoms with Crippen LogP contribution in [0.5, 0.6) is 0 Å². The zero-order chi connectivity index (χ0) is 57.6. The quantitative estimate of drug-likeness (QED) is 0.0729. The lowest BCUT2D eigenvalue weighted by Gasteiger charge is -2.33. The molecule has 2 aliphatic carbocycles. The van der Waals surface area contributed by atoms with E-state index in [9.17, 15) is 43.5 Å². The molecule has 2 N–H and O–H groups in total. The third-order valence-electron chi connectivity index (χ3n) is 14.3. The van der Waals surface area contributed by atoms with Gasteiger partial charge in [0.05, 0.1) is 38.9 Å². The van der Waals surface area contributed by atoms with E-state index in [-0.39, 0.29) is 99.8 Å². The Morgan fingerprint density at radius 1 is 0.679 bits per heavy atom. The van der Waals surface area contributed by atoms with Gasteiger partial charge in [0, 0.05) is 38.6 Å². The van der Waals surface area contributed by atoms with Gasteiger partial charge >= 0.3 is 42.0 Å². The van der Waals surface area contributed by atoms with Gasteiger partial charge in [-0.3, -0.25) is 24.0 Å². The maximum absolute atomic E-state index is 13.9. The van der Waals surface area contributed by atoms with Crippen molar-refractivity contribution >= 4 is 60.3 Å². The minimum Gasteiger partial charge on any atom is -0.481 e. The number of halogens is 1. The largest absolute Gasteiger partial charge is 0.481 e. The fourth-order valence-electron chi connectivity index (χ4n) is 10.3. The summed E-state index contributed by atoms with van der Waals surface area (Å²) in [5.74, 6) is -4.07. The van der Waals surface area contributed by atoms with Crippen LogP contribution in [0.25, 0.3) is 0 Å². The van der Waals surface area contributed by atoms with Gasteiger partial charge < -0.3 is 53.5 Å². The number of nitrogens with one attached hydrogen (secondary N) is 1. The van der Waals surface area contributed by atoms with Crippen LogP contribution in [0.15, 0.2) is 86.0 Å². The van der Waals surface area contributed by atoms with E-state index in [4.69, 9.17) is 28.4 Å². The maximum Gasteiger partial charge on any atom is 0.410 e. The molecule has 4 aliphatic rings. The number of esters is 4. The van der Waals surface area contributed by atoms with Crippen LogP contribution in [0.1, 0.15) is 93.2 Å². The van der Waals surface area contributed by atoms with Gasteiger partial charge in [0.25, 0.3) is 0 Å². The number of aliphatic carboxylic acids is 1. The van der Waals surface area contributed by atoms with Crippen molar-refractivity contribution in [2.75, 3.05) is 53.5 Å². The fourth-order valence-corrected chi connectivity index (χ4v) is 10.3. The maximum atomic E-state index is 13.9. The predicted molar refractivity (Wildman–Crippen MR) is 292 cm³/mol. The van der Waals surface area contributed by atoms with Gasteiger partial charge in [-0.2, -0.15) is 0 Å². The van der Waals surface area contributed by atoms with Crippen LogP contribution in [0.4, 0.5) is 9.59 Å². The molecule has 2 aromatic rings. The first kappa shape index (κ1) is 65.8. The number of benzene rings is 2. The summed E-state index contributed by atoms with van der Waals surface area (Å²) in [7, 11) is 2.76. The Labute approximate surface area is 466 Å². The molecule has 20 heteroatoms. The van der Waals surface area contributed by atoms with Crippen molar-refractivity contribution in [3.8, 4) is 0 Å². The zero-order valence-corrected chi connectivity index (χ0v) is 48.3. The molecule has 2 saturated carbocycles. The molecule has 0 bridgehead atoms. The van der Waals surface area contributed by atoms with Crippen molar-refractivity contribution < 1.29 is 71.9 Å². The van der Waals surface area contributed by atoms with Gasteiger partial charge in [-0.15, -0.1) is 25.6 Å². The number of carboxylic acid groups (broad SMARTS) is 1. The van der Waals surface area contributed by atoms with Gasteiger partial charge in [0.15, 0.2) is 0 Å². The monoisotopic (exact) mass is 1110 g/mol. The van der Waals surface area contributed by atoms with E-state index in [0.717, 1.165) is 17.7 Å². The van der Waals surface area contributed by atoms with Crippen LogP contribution in [0, 0.1) is 46.3 Å². The molecule has 0 aromatic heterocycles. The van der Waals surface area contributed by atoms with Crippen molar-refractivity contribution in [1.82, 2.24) is 20.0 Å². The van der Waals surface area contributed by atoms with Crippen LogP contribution < -0.4 is 5.32 Å². The molecule has 4 fully saturated rings. The number of hydrogen-bond acceptors (Lipinski definition) is 15. The fraction of sp³-hybridized carbons (Fsp3) is 0.586. The molecule has 78 heavy (non-hydrogen) atoms. The zero-order valence-electron chi connectivity index (χ0n) is 47.4. The lowest BCUT2D eigenvalue weighted by atomic mass is 9.97. The Morgan fingerprint density at radius 2 is 1.10 bits per heavy atom. The number of amides is 3. The Bertz CT molecular complexity index is 2400. The average Bonchev–Trinajstić information content (AvgIpc) is 3.79. The molecule has 8 atom stereocenters. The van der Waals surface area contributed by atoms with Gasteiger partial charge in [0.2, 0.25) is 5.91 Å². The van der Waals surface area contributed by atoms with E-state index in [2.05, 4.69) is 46.2 Å². The molecule has 19 nitrogen and oxygen atoms in total. The predicted octanol–water partition coefficient (Wildman–Crippen LogP) is 7.88. The summed E-state index contributed by atoms with van der Waals surface area (Å²) in [6.07, 6.45) is 1.10. The van der Waals surface area contributed by atoms with E-state index in [1.165, 1.54) is 41.1 Å². The van der Waals surface area contributed by atoms with Crippen LogP contribution in [0.2, 0.25) is 0 Å². The third-order valence-corrected chi connectivity index (χ3v) is 14.3. The van der Waals surface area contributed by atoms with Gasteiger partial charge in [-0.1, -0.05) is 101 Å². The van der Waals surface area contributed by atoms with Crippen molar-refractivity contribution in [3.05, 3.63) is 97.1 Å². The standard InChI is InChI=1S/C29H40N2O7.C20H27NO6.C9H15NO2.ClH/c1-8-14-30(27(35)37-18-19-12-10-9-11-13-19)16-20(15-22(32)38-28(2,3)4)25(33)31-17-21-23(29(21,5)6)24(31)26(34)36-7;1-5-11-21(19(25)26-14-15-9-7-6-8-10-15)13-16(18(23)24)12-17(22)27-20(2,3)4;1-9(2)5-4-10-7(6(5)9)8(11)12-3;/h8-13,20-21,23-24H,1,14-18H2,2-7H3;5-10,16H,1,11-14H2,2-4H3,(H,23,24);5-7,10H,4H2,1-3H3;1H/t20-,21-,23-,24-;16-;5-,6-,7-;/m000./s1. The molecule has 6 rings (SSSR count). The molecule has 2 aliphatic heterocycles. The number of fused-ring (bicyclic) bond motifs is 2. The first-order chi connectivity index (χ1) is 36.0. The number of piperidine rings is 2. The lowest BCUT2D eigenvalue weighted by Crippen LogP contribution is -2.51. The Kier molecular flexibility index (Phi) is 24.0. The number of methoxy groups -OCH3 is 2. The van der Waals surface area contributed by atoms with Crippen LogP contribution in [-0.2, 0) is 70.4 Å². The van der Waals surface area contributed by atoms with Crippen molar-refractivity contribution in [1.29, 1.82) is 0 Å². The number of ether oxygens (including phenoxy) is 6. The Morgan fingerprint density at radius 3 is 1.49 bits per heavy atom. The number of rotatable bonds is 20. The van der Waals surface area contributed by atoms with E-state index < -0.39 is 65.1 Å². The molecular formula is C58H83ClN4O15. The number of hydrogen-bond donors (Lipinski definition) is 2. The van der Waals surface area contributed by atoms with Crippen molar-refractivity contribution in [3.63, 3.8) is 0 Å². The molecule has 0 spiro atoms. The summed E-state index contributed by atoms with van der Waals surface area (Å²) in [5, 5.41) is 12.6. The second kappa shape index (κ2) is 28.4. The van der Waals surface area contributed by atoms with Gasteiger partial charge in [0.1, 0.15) is 36.5 Å². The van der Waals surface area contributed by atoms with Crippen molar-refractivity contribution in [2.45, 2.75) is 119 Å². The normalized spacial score (nSPS) is 21.4. The smallest absolute Gasteiger partial charge is 0.410 e. The third kappa shape index (κ3) is 18.6. The summed E-state index contributed by atoms with van der Waals surface area (Å²) in [5.41, 5.74) is 0.452. The van der Waals surface area contributed by atoms with Gasteiger partial charge in [-0.05, 0) is 87.8 Å². The van der Waals surface area contributed by atoms with E-state index in [0.29, 0.717) is 23.8 Å². The molecule has 0 radical (unpaired) electrons. The molecule has 2 heterocycles. The van der Waals surface area contributed by atoms with Crippen LogP contribution in [-0.4, -0.2) is 145 Å². The molecule has 432 valence electrons. The Balaban J connectivity index is 0.000000345. The molecule has 0 unspecified atom stereocenters. The van der Waals surface area contributed by atoms with E-state index in [1.807, 2.05) is 60.7 Å². The highest BCUT2D eigenvalue weighted by Crippen LogP contribution is 2.65. The summed E-state index contributed by atoms with van der Waals surface area (Å²) in [6, 6.07) is 17.6. The number of nitrogens with zero attached hydrogens (tertiary/aromatic N) is 3. The summed E-state index contributed by atoms with van der Waals surface area (Å²) >= 11 is 0. The number of carboxylic acids is 1. The minimum absolute atomic E-state index is 0. The summed E-state index contributed by atoms with van der Waals surface area (Å²) < 4.78 is 31.1. The van der Waals surface area contributed by atoms with Crippen LogP contribution in [0.3, 0.4) is 0 Å². The van der Waals surface area contributed by atoms with Gasteiger partial charge in [-0.25, -0.2) is 14.4 Å². The molecule has 3 amide bonds. The molecule has 2 aromatic carbocycles. The molecule has 2 saturated heterocycles. The topological polar surface area (TPSA) is 234 Å².